The molecule has 0 aliphatic rings. The molecule has 1 atom stereocenters. The van der Waals surface area contributed by atoms with Gasteiger partial charge in [0.15, 0.2) is 0 Å². The lowest BCUT2D eigenvalue weighted by molar-refractivity contribution is -0.0925. The molecule has 0 heterocycles. The second-order valence-corrected chi connectivity index (χ2v) is 6.46. The van der Waals surface area contributed by atoms with E-state index in [1.54, 1.807) is 6.92 Å². The lowest BCUT2D eigenvalue weighted by Gasteiger charge is -2.14. The van der Waals surface area contributed by atoms with Crippen LogP contribution >= 0.6 is 0 Å². The van der Waals surface area contributed by atoms with Gasteiger partial charge in [-0.15, -0.1) is 0 Å². The van der Waals surface area contributed by atoms with Crippen LogP contribution in [0.5, 0.6) is 0 Å². The lowest BCUT2D eigenvalue weighted by Crippen LogP contribution is -2.27. The molecule has 0 amide bonds. The van der Waals surface area contributed by atoms with E-state index in [-0.39, 0.29) is 23.8 Å². The zero-order valence-corrected chi connectivity index (χ0v) is 16.7. The molecule has 1 rings (SSSR count). The van der Waals surface area contributed by atoms with Crippen LogP contribution < -0.4 is 16.8 Å². The van der Waals surface area contributed by atoms with E-state index in [1.807, 2.05) is 0 Å². The maximum Gasteiger partial charge on any atom is 0.430 e. The minimum Gasteiger partial charge on any atom is -0.395 e. The van der Waals surface area contributed by atoms with Crippen molar-refractivity contribution in [2.45, 2.75) is 32.0 Å². The Labute approximate surface area is 171 Å². The number of nitrogens with two attached hydrogens (primary N) is 2. The molecule has 11 heteroatoms. The monoisotopic (exact) mass is 433 g/mol. The fourth-order valence-corrected chi connectivity index (χ4v) is 2.14. The summed E-state index contributed by atoms with van der Waals surface area (Å²) in [5, 5.41) is 2.72. The van der Waals surface area contributed by atoms with Gasteiger partial charge in [0.2, 0.25) is 5.96 Å². The summed E-state index contributed by atoms with van der Waals surface area (Å²) in [4.78, 5) is 7.99. The van der Waals surface area contributed by atoms with Gasteiger partial charge in [-0.2, -0.15) is 18.2 Å². The third-order valence-corrected chi connectivity index (χ3v) is 3.62. The van der Waals surface area contributed by atoms with Crippen molar-refractivity contribution in [3.05, 3.63) is 53.7 Å². The Morgan fingerprint density at radius 3 is 2.23 bits per heavy atom. The Kier molecular flexibility index (Phi) is 8.52. The molecule has 0 saturated carbocycles. The van der Waals surface area contributed by atoms with E-state index in [1.165, 1.54) is 31.4 Å². The molecular weight excluding hydrogens is 409 g/mol. The number of hydrogen-bond donors (Lipinski definition) is 3. The van der Waals surface area contributed by atoms with E-state index in [0.29, 0.717) is 11.6 Å². The van der Waals surface area contributed by atoms with Crippen LogP contribution in [0, 0.1) is 0 Å². The third-order valence-electron chi connectivity index (χ3n) is 3.62. The van der Waals surface area contributed by atoms with Crippen molar-refractivity contribution in [3.63, 3.8) is 0 Å². The van der Waals surface area contributed by atoms with Crippen molar-refractivity contribution in [2.24, 2.45) is 21.5 Å². The van der Waals surface area contributed by atoms with Gasteiger partial charge in [0.05, 0.1) is 12.6 Å². The van der Waals surface area contributed by atoms with Gasteiger partial charge in [-0.1, -0.05) is 30.8 Å². The number of rotatable bonds is 7. The van der Waals surface area contributed by atoms with Crippen LogP contribution in [0.2, 0.25) is 0 Å². The summed E-state index contributed by atoms with van der Waals surface area (Å²) in [5.74, 6) is -3.70. The maximum atomic E-state index is 13.3. The highest BCUT2D eigenvalue weighted by atomic mass is 19.4. The normalized spacial score (nSPS) is 15.1. The van der Waals surface area contributed by atoms with Crippen LogP contribution in [0.25, 0.3) is 5.70 Å². The smallest absolute Gasteiger partial charge is 0.395 e. The number of nitrogens with zero attached hydrogens (tertiary/aromatic N) is 2. The van der Waals surface area contributed by atoms with Crippen molar-refractivity contribution < 1.29 is 26.7 Å². The van der Waals surface area contributed by atoms with E-state index in [4.69, 9.17) is 16.2 Å². The average molecular weight is 433 g/mol. The standard InChI is InChI=1S/C19H24F5N5O/c1-11(10-30-4)27-17(29-16(26)9-15(25)19(22,23)24)28-12(2)13-5-7-14(8-6-13)18(3,20)21/h5-9,11H,2,10,25H2,1,3-4H3,(H3,26,27,28,29). The molecule has 166 valence electrons. The van der Waals surface area contributed by atoms with Gasteiger partial charge in [-0.05, 0) is 12.5 Å². The number of ether oxygens (including phenoxy) is 1. The number of allylic oxidation sites excluding steroid dienone is 1. The third kappa shape index (κ3) is 8.19. The summed E-state index contributed by atoms with van der Waals surface area (Å²) in [7, 11) is 1.45. The zero-order chi connectivity index (χ0) is 23.1. The Morgan fingerprint density at radius 2 is 1.77 bits per heavy atom. The van der Waals surface area contributed by atoms with Crippen molar-refractivity contribution in [2.75, 3.05) is 13.7 Å². The molecule has 0 spiro atoms. The number of hydrogen-bond acceptors (Lipinski definition) is 3. The van der Waals surface area contributed by atoms with Crippen LogP contribution in [0.15, 0.2) is 52.6 Å². The molecule has 1 aromatic rings. The number of aliphatic imine (C=N–C) groups is 2. The molecular formula is C19H24F5N5O. The van der Waals surface area contributed by atoms with Crippen LogP contribution in [-0.2, 0) is 10.7 Å². The molecule has 30 heavy (non-hydrogen) atoms. The van der Waals surface area contributed by atoms with Gasteiger partial charge >= 0.3 is 6.18 Å². The number of amidine groups is 1. The molecule has 1 unspecified atom stereocenters. The molecule has 0 bridgehead atoms. The number of guanidine groups is 1. The number of halogens is 5. The Hall–Kier alpha value is -2.95. The van der Waals surface area contributed by atoms with E-state index in [9.17, 15) is 22.0 Å². The van der Waals surface area contributed by atoms with Crippen LogP contribution in [0.4, 0.5) is 22.0 Å². The van der Waals surface area contributed by atoms with Crippen molar-refractivity contribution in [1.29, 1.82) is 0 Å². The molecule has 5 N–H and O–H groups in total. The highest BCUT2D eigenvalue weighted by Gasteiger charge is 2.31. The average Bonchev–Trinajstić information content (AvgIpc) is 2.60. The summed E-state index contributed by atoms with van der Waals surface area (Å²) in [5.41, 5.74) is 9.51. The fourth-order valence-electron chi connectivity index (χ4n) is 2.14. The van der Waals surface area contributed by atoms with Crippen molar-refractivity contribution in [1.82, 2.24) is 5.32 Å². The van der Waals surface area contributed by atoms with E-state index in [2.05, 4.69) is 21.9 Å². The Morgan fingerprint density at radius 1 is 1.20 bits per heavy atom. The van der Waals surface area contributed by atoms with E-state index in [0.717, 1.165) is 6.92 Å². The quantitative estimate of drug-likeness (QED) is 0.348. The van der Waals surface area contributed by atoms with Crippen LogP contribution in [0.3, 0.4) is 0 Å². The maximum absolute atomic E-state index is 13.3. The summed E-state index contributed by atoms with van der Waals surface area (Å²) in [6, 6.07) is 4.86. The minimum absolute atomic E-state index is 0.154. The first-order valence-electron chi connectivity index (χ1n) is 8.64. The molecule has 0 aliphatic heterocycles. The fraction of sp³-hybridized carbons (Fsp3) is 0.368. The Bertz CT molecular complexity index is 823. The highest BCUT2D eigenvalue weighted by molar-refractivity contribution is 6.03. The first-order chi connectivity index (χ1) is 13.7. The number of benzene rings is 1. The minimum atomic E-state index is -4.76. The molecule has 6 nitrogen and oxygen atoms in total. The molecule has 1 aromatic carbocycles. The van der Waals surface area contributed by atoms with E-state index >= 15 is 0 Å². The summed E-state index contributed by atoms with van der Waals surface area (Å²) < 4.78 is 69.4. The molecule has 0 saturated heterocycles. The van der Waals surface area contributed by atoms with Gasteiger partial charge < -0.3 is 21.5 Å². The SMILES string of the molecule is C=C(NC(N=C(N)C=C(N)C(F)(F)F)=NC(C)COC)c1ccc(C(C)(F)F)cc1. The number of alkyl halides is 5. The van der Waals surface area contributed by atoms with Gasteiger partial charge in [-0.25, -0.2) is 13.8 Å². The van der Waals surface area contributed by atoms with Crippen LogP contribution in [0.1, 0.15) is 25.0 Å². The van der Waals surface area contributed by atoms with Gasteiger partial charge in [0.1, 0.15) is 11.5 Å². The first kappa shape index (κ1) is 25.1. The van der Waals surface area contributed by atoms with Crippen molar-refractivity contribution >= 4 is 17.5 Å². The topological polar surface area (TPSA) is 98.0 Å². The molecule has 0 fully saturated rings. The summed E-state index contributed by atoms with van der Waals surface area (Å²) in [6.45, 7) is 6.43. The van der Waals surface area contributed by atoms with E-state index < -0.39 is 29.7 Å². The predicted octanol–water partition coefficient (Wildman–Crippen LogP) is 3.51. The number of nitrogens with one attached hydrogen (secondary N) is 1. The van der Waals surface area contributed by atoms with Crippen molar-refractivity contribution in [3.8, 4) is 0 Å². The highest BCUT2D eigenvalue weighted by Crippen LogP contribution is 2.27. The second-order valence-electron chi connectivity index (χ2n) is 6.46. The predicted molar refractivity (Wildman–Crippen MR) is 107 cm³/mol. The summed E-state index contributed by atoms with van der Waals surface area (Å²) in [6.07, 6.45) is -4.31. The summed E-state index contributed by atoms with van der Waals surface area (Å²) >= 11 is 0. The van der Waals surface area contributed by atoms with Crippen LogP contribution in [-0.4, -0.2) is 37.7 Å². The first-order valence-corrected chi connectivity index (χ1v) is 8.64. The number of methoxy groups -OCH3 is 1. The molecule has 0 aromatic heterocycles. The lowest BCUT2D eigenvalue weighted by atomic mass is 10.1. The van der Waals surface area contributed by atoms with Gasteiger partial charge in [0.25, 0.3) is 5.92 Å². The van der Waals surface area contributed by atoms with Gasteiger partial charge in [-0.3, -0.25) is 0 Å². The van der Waals surface area contributed by atoms with Gasteiger partial charge in [0, 0.05) is 31.4 Å². The Balaban J connectivity index is 3.15. The largest absolute Gasteiger partial charge is 0.430 e. The molecule has 0 radical (unpaired) electrons. The zero-order valence-electron chi connectivity index (χ0n) is 16.7. The molecule has 0 aliphatic carbocycles. The second kappa shape index (κ2) is 10.2.